The maximum atomic E-state index is 12.0. The predicted octanol–water partition coefficient (Wildman–Crippen LogP) is 3.13. The van der Waals surface area contributed by atoms with Crippen molar-refractivity contribution in [2.24, 2.45) is 5.92 Å². The zero-order valence-electron chi connectivity index (χ0n) is 16.0. The van der Waals surface area contributed by atoms with Crippen LogP contribution in [0.4, 0.5) is 5.69 Å². The molecule has 2 saturated heterocycles. The van der Waals surface area contributed by atoms with Gasteiger partial charge in [0, 0.05) is 31.7 Å². The highest BCUT2D eigenvalue weighted by atomic mass is 16.5. The number of ketones is 1. The van der Waals surface area contributed by atoms with Crippen molar-refractivity contribution < 1.29 is 9.53 Å². The lowest BCUT2D eigenvalue weighted by Gasteiger charge is -2.42. The molecular weight excluding hydrogens is 326 g/mol. The molecular formula is C21H29N3O2. The Morgan fingerprint density at radius 1 is 1.42 bits per heavy atom. The summed E-state index contributed by atoms with van der Waals surface area (Å²) in [6.07, 6.45) is 3.43. The van der Waals surface area contributed by atoms with Crippen molar-refractivity contribution in [2.45, 2.75) is 51.7 Å². The van der Waals surface area contributed by atoms with Crippen molar-refractivity contribution in [3.8, 4) is 6.07 Å². The molecule has 2 atom stereocenters. The molecule has 26 heavy (non-hydrogen) atoms. The van der Waals surface area contributed by atoms with Crippen LogP contribution in [0.2, 0.25) is 0 Å². The largest absolute Gasteiger partial charge is 0.370 e. The number of piperidine rings is 1. The van der Waals surface area contributed by atoms with Gasteiger partial charge in [-0.1, -0.05) is 6.07 Å². The maximum absolute atomic E-state index is 12.0. The number of hydrogen-bond donors (Lipinski definition) is 1. The predicted molar refractivity (Wildman–Crippen MR) is 103 cm³/mol. The molecule has 0 aliphatic carbocycles. The topological polar surface area (TPSA) is 65.4 Å². The van der Waals surface area contributed by atoms with E-state index in [1.807, 2.05) is 6.07 Å². The van der Waals surface area contributed by atoms with E-state index in [-0.39, 0.29) is 17.5 Å². The second-order valence-electron chi connectivity index (χ2n) is 8.01. The Morgan fingerprint density at radius 2 is 2.15 bits per heavy atom. The smallest absolute Gasteiger partial charge is 0.161 e. The molecule has 5 heteroatoms. The van der Waals surface area contributed by atoms with Gasteiger partial charge in [0.2, 0.25) is 0 Å². The number of nitriles is 1. The molecule has 0 bridgehead atoms. The van der Waals surface area contributed by atoms with E-state index in [9.17, 15) is 10.1 Å². The number of hydrogen-bond acceptors (Lipinski definition) is 5. The highest BCUT2D eigenvalue weighted by Gasteiger charge is 2.35. The van der Waals surface area contributed by atoms with Crippen molar-refractivity contribution in [2.75, 3.05) is 31.1 Å². The van der Waals surface area contributed by atoms with Crippen molar-refractivity contribution in [3.63, 3.8) is 0 Å². The molecule has 2 heterocycles. The molecule has 0 spiro atoms. The molecule has 1 aromatic rings. The van der Waals surface area contributed by atoms with E-state index in [0.717, 1.165) is 51.1 Å². The number of benzene rings is 1. The third-order valence-corrected chi connectivity index (χ3v) is 5.60. The summed E-state index contributed by atoms with van der Waals surface area (Å²) >= 11 is 0. The lowest BCUT2D eigenvalue weighted by molar-refractivity contribution is -0.110. The Hall–Kier alpha value is -1.90. The molecule has 2 aliphatic heterocycles. The minimum Gasteiger partial charge on any atom is -0.370 e. The average molecular weight is 355 g/mol. The number of rotatable bonds is 4. The molecule has 2 unspecified atom stereocenters. The van der Waals surface area contributed by atoms with Gasteiger partial charge >= 0.3 is 0 Å². The van der Waals surface area contributed by atoms with Crippen molar-refractivity contribution in [3.05, 3.63) is 29.3 Å². The molecule has 0 amide bonds. The molecule has 2 aliphatic rings. The van der Waals surface area contributed by atoms with Crippen LogP contribution in [0.15, 0.2) is 18.2 Å². The monoisotopic (exact) mass is 355 g/mol. The standard InChI is InChI=1S/C21H29N3O2/c1-15-13-23-14-21(3,26-15)11-17-7-9-24(10-8-17)20-18(12-22)5-4-6-19(20)16(2)25/h4-6,15,17,23H,7-11,13-14H2,1-3H3. The highest BCUT2D eigenvalue weighted by molar-refractivity contribution is 6.01. The number of nitrogens with one attached hydrogen (secondary N) is 1. The van der Waals surface area contributed by atoms with Gasteiger partial charge in [-0.05, 0) is 58.1 Å². The zero-order chi connectivity index (χ0) is 18.7. The van der Waals surface area contributed by atoms with Crippen LogP contribution in [0.25, 0.3) is 0 Å². The van der Waals surface area contributed by atoms with E-state index in [1.54, 1.807) is 19.1 Å². The fourth-order valence-electron chi connectivity index (χ4n) is 4.46. The lowest BCUT2D eigenvalue weighted by Crippen LogP contribution is -2.52. The van der Waals surface area contributed by atoms with E-state index in [2.05, 4.69) is 30.1 Å². The Labute approximate surface area is 156 Å². The van der Waals surface area contributed by atoms with Gasteiger partial charge in [0.15, 0.2) is 5.78 Å². The van der Waals surface area contributed by atoms with Crippen molar-refractivity contribution in [1.29, 1.82) is 5.26 Å². The molecule has 140 valence electrons. The van der Waals surface area contributed by atoms with Crippen LogP contribution in [0.5, 0.6) is 0 Å². The molecule has 5 nitrogen and oxygen atoms in total. The number of nitrogens with zero attached hydrogens (tertiary/aromatic N) is 2. The number of para-hydroxylation sites is 1. The van der Waals surface area contributed by atoms with Crippen LogP contribution in [-0.2, 0) is 4.74 Å². The van der Waals surface area contributed by atoms with Crippen molar-refractivity contribution >= 4 is 11.5 Å². The second-order valence-corrected chi connectivity index (χ2v) is 8.01. The first-order chi connectivity index (χ1) is 12.4. The van der Waals surface area contributed by atoms with Crippen LogP contribution >= 0.6 is 0 Å². The molecule has 0 radical (unpaired) electrons. The Morgan fingerprint density at radius 3 is 2.77 bits per heavy atom. The summed E-state index contributed by atoms with van der Waals surface area (Å²) in [6, 6.07) is 7.68. The van der Waals surface area contributed by atoms with Gasteiger partial charge in [-0.25, -0.2) is 0 Å². The van der Waals surface area contributed by atoms with E-state index in [0.29, 0.717) is 17.0 Å². The second kappa shape index (κ2) is 7.77. The van der Waals surface area contributed by atoms with Crippen LogP contribution in [0.1, 0.15) is 56.0 Å². The quantitative estimate of drug-likeness (QED) is 0.841. The SMILES string of the molecule is CC(=O)c1cccc(C#N)c1N1CCC(CC2(C)CNCC(C)O2)CC1. The van der Waals surface area contributed by atoms with E-state index < -0.39 is 0 Å². The third-order valence-electron chi connectivity index (χ3n) is 5.60. The Kier molecular flexibility index (Phi) is 5.64. The van der Waals surface area contributed by atoms with Gasteiger partial charge < -0.3 is 15.0 Å². The van der Waals surface area contributed by atoms with Gasteiger partial charge in [-0.2, -0.15) is 5.26 Å². The third kappa shape index (κ3) is 4.08. The first-order valence-electron chi connectivity index (χ1n) is 9.59. The number of carbonyl (C=O) groups is 1. The molecule has 2 fully saturated rings. The van der Waals surface area contributed by atoms with Gasteiger partial charge in [0.1, 0.15) is 6.07 Å². The first kappa shape index (κ1) is 18.9. The summed E-state index contributed by atoms with van der Waals surface area (Å²) in [6.45, 7) is 9.49. The summed E-state index contributed by atoms with van der Waals surface area (Å²) in [7, 11) is 0. The van der Waals surface area contributed by atoms with Crippen LogP contribution in [0.3, 0.4) is 0 Å². The summed E-state index contributed by atoms with van der Waals surface area (Å²) in [4.78, 5) is 14.2. The highest BCUT2D eigenvalue weighted by Crippen LogP contribution is 2.34. The molecule has 3 rings (SSSR count). The number of Topliss-reactive ketones (excluding diaryl/α,β-unsaturated/α-hetero) is 1. The molecule has 0 aromatic heterocycles. The van der Waals surface area contributed by atoms with Gasteiger partial charge in [0.25, 0.3) is 0 Å². The fourth-order valence-corrected chi connectivity index (χ4v) is 4.46. The van der Waals surface area contributed by atoms with E-state index in [1.165, 1.54) is 0 Å². The van der Waals surface area contributed by atoms with Gasteiger partial charge in [0.05, 0.1) is 23.0 Å². The fraction of sp³-hybridized carbons (Fsp3) is 0.619. The van der Waals surface area contributed by atoms with E-state index in [4.69, 9.17) is 4.74 Å². The van der Waals surface area contributed by atoms with Crippen molar-refractivity contribution in [1.82, 2.24) is 5.32 Å². The Balaban J connectivity index is 1.68. The number of carbonyl (C=O) groups excluding carboxylic acids is 1. The molecule has 1 aromatic carbocycles. The normalized spacial score (nSPS) is 27.2. The summed E-state index contributed by atoms with van der Waals surface area (Å²) in [5.74, 6) is 0.626. The van der Waals surface area contributed by atoms with E-state index >= 15 is 0 Å². The van der Waals surface area contributed by atoms with Crippen LogP contribution in [-0.4, -0.2) is 43.7 Å². The molecule has 1 N–H and O–H groups in total. The van der Waals surface area contributed by atoms with Crippen LogP contribution in [0, 0.1) is 17.2 Å². The number of ether oxygens (including phenoxy) is 1. The summed E-state index contributed by atoms with van der Waals surface area (Å²) in [5.41, 5.74) is 1.97. The van der Waals surface area contributed by atoms with Crippen LogP contribution < -0.4 is 10.2 Å². The van der Waals surface area contributed by atoms with Gasteiger partial charge in [-0.3, -0.25) is 4.79 Å². The minimum absolute atomic E-state index is 0.0161. The zero-order valence-corrected chi connectivity index (χ0v) is 16.0. The minimum atomic E-state index is -0.0976. The Bertz CT molecular complexity index is 704. The lowest BCUT2D eigenvalue weighted by atomic mass is 9.84. The maximum Gasteiger partial charge on any atom is 0.161 e. The first-order valence-corrected chi connectivity index (χ1v) is 9.59. The number of morpholine rings is 1. The summed E-state index contributed by atoms with van der Waals surface area (Å²) < 4.78 is 6.21. The van der Waals surface area contributed by atoms with Gasteiger partial charge in [-0.15, -0.1) is 0 Å². The average Bonchev–Trinajstić information content (AvgIpc) is 2.61. The molecule has 0 saturated carbocycles. The summed E-state index contributed by atoms with van der Waals surface area (Å²) in [5, 5.41) is 12.9. The number of anilines is 1.